The molecule has 2 aromatic carbocycles. The Balaban J connectivity index is 1.68. The second-order valence-electron chi connectivity index (χ2n) is 5.09. The fourth-order valence-corrected chi connectivity index (χ4v) is 2.02. The van der Waals surface area contributed by atoms with Gasteiger partial charge in [0, 0.05) is 0 Å². The molecule has 6 nitrogen and oxygen atoms in total. The van der Waals surface area contributed by atoms with Crippen molar-refractivity contribution >= 4 is 12.1 Å². The topological polar surface area (TPSA) is 73.9 Å². The summed E-state index contributed by atoms with van der Waals surface area (Å²) in [6.07, 6.45) is -0.507. The van der Waals surface area contributed by atoms with Crippen LogP contribution in [0.25, 0.3) is 0 Å². The summed E-state index contributed by atoms with van der Waals surface area (Å²) in [4.78, 5) is 23.2. The molecule has 0 spiro atoms. The van der Waals surface area contributed by atoms with Gasteiger partial charge in [0.2, 0.25) is 0 Å². The SMILES string of the molecule is CCOC(=O)c1cccc(OCCNC(=O)OCc2ccccc2)c1. The number of hydrogen-bond acceptors (Lipinski definition) is 5. The zero-order valence-corrected chi connectivity index (χ0v) is 14.1. The van der Waals surface area contributed by atoms with Gasteiger partial charge in [0.25, 0.3) is 0 Å². The third-order valence-corrected chi connectivity index (χ3v) is 3.20. The van der Waals surface area contributed by atoms with Crippen LogP contribution in [0.1, 0.15) is 22.8 Å². The van der Waals surface area contributed by atoms with Gasteiger partial charge in [-0.05, 0) is 30.7 Å². The Bertz CT molecular complexity index is 687. The summed E-state index contributed by atoms with van der Waals surface area (Å²) < 4.78 is 15.5. The van der Waals surface area contributed by atoms with E-state index in [1.165, 1.54) is 0 Å². The minimum atomic E-state index is -0.507. The van der Waals surface area contributed by atoms with Gasteiger partial charge in [-0.3, -0.25) is 0 Å². The molecule has 0 saturated heterocycles. The van der Waals surface area contributed by atoms with E-state index >= 15 is 0 Å². The minimum absolute atomic E-state index is 0.217. The molecular weight excluding hydrogens is 322 g/mol. The molecule has 0 radical (unpaired) electrons. The van der Waals surface area contributed by atoms with E-state index in [-0.39, 0.29) is 19.8 Å². The van der Waals surface area contributed by atoms with E-state index in [1.807, 2.05) is 30.3 Å². The number of carbonyl (C=O) groups is 2. The summed E-state index contributed by atoms with van der Waals surface area (Å²) in [5.41, 5.74) is 1.35. The molecule has 1 amide bonds. The first kappa shape index (κ1) is 18.3. The standard InChI is InChI=1S/C19H21NO5/c1-2-23-18(21)16-9-6-10-17(13-16)24-12-11-20-19(22)25-14-15-7-4-3-5-8-15/h3-10,13H,2,11-12,14H2,1H3,(H,20,22). The third-order valence-electron chi connectivity index (χ3n) is 3.20. The van der Waals surface area contributed by atoms with Crippen molar-refractivity contribution in [1.82, 2.24) is 5.32 Å². The molecule has 25 heavy (non-hydrogen) atoms. The average molecular weight is 343 g/mol. The summed E-state index contributed by atoms with van der Waals surface area (Å²) in [5, 5.41) is 2.60. The molecule has 132 valence electrons. The number of amides is 1. The lowest BCUT2D eigenvalue weighted by molar-refractivity contribution is 0.0526. The first-order valence-electron chi connectivity index (χ1n) is 8.03. The van der Waals surface area contributed by atoms with Crippen LogP contribution in [0.2, 0.25) is 0 Å². The lowest BCUT2D eigenvalue weighted by atomic mass is 10.2. The Morgan fingerprint density at radius 2 is 1.80 bits per heavy atom. The van der Waals surface area contributed by atoms with Crippen molar-refractivity contribution in [2.24, 2.45) is 0 Å². The highest BCUT2D eigenvalue weighted by molar-refractivity contribution is 5.89. The lowest BCUT2D eigenvalue weighted by Crippen LogP contribution is -2.28. The van der Waals surface area contributed by atoms with Crippen molar-refractivity contribution in [2.75, 3.05) is 19.8 Å². The molecule has 1 N–H and O–H groups in total. The van der Waals surface area contributed by atoms with Gasteiger partial charge < -0.3 is 19.5 Å². The van der Waals surface area contributed by atoms with Gasteiger partial charge in [-0.2, -0.15) is 0 Å². The van der Waals surface area contributed by atoms with Crippen LogP contribution in [-0.4, -0.2) is 31.8 Å². The van der Waals surface area contributed by atoms with Gasteiger partial charge in [-0.1, -0.05) is 36.4 Å². The van der Waals surface area contributed by atoms with Crippen molar-refractivity contribution in [2.45, 2.75) is 13.5 Å². The number of esters is 1. The van der Waals surface area contributed by atoms with E-state index in [4.69, 9.17) is 14.2 Å². The van der Waals surface area contributed by atoms with Crippen LogP contribution in [-0.2, 0) is 16.1 Å². The van der Waals surface area contributed by atoms with E-state index in [2.05, 4.69) is 5.32 Å². The van der Waals surface area contributed by atoms with Gasteiger partial charge in [-0.25, -0.2) is 9.59 Å². The molecule has 0 saturated carbocycles. The lowest BCUT2D eigenvalue weighted by Gasteiger charge is -2.09. The molecule has 0 bridgehead atoms. The molecule has 0 aliphatic rings. The van der Waals surface area contributed by atoms with Crippen molar-refractivity contribution < 1.29 is 23.8 Å². The molecule has 0 atom stereocenters. The normalized spacial score (nSPS) is 9.96. The van der Waals surface area contributed by atoms with E-state index in [0.717, 1.165) is 5.56 Å². The summed E-state index contributed by atoms with van der Waals surface area (Å²) in [7, 11) is 0. The van der Waals surface area contributed by atoms with E-state index < -0.39 is 12.1 Å². The predicted octanol–water partition coefficient (Wildman–Crippen LogP) is 3.17. The predicted molar refractivity (Wildman–Crippen MR) is 92.5 cm³/mol. The Kier molecular flexibility index (Phi) is 7.31. The van der Waals surface area contributed by atoms with E-state index in [9.17, 15) is 9.59 Å². The highest BCUT2D eigenvalue weighted by Crippen LogP contribution is 2.14. The van der Waals surface area contributed by atoms with Crippen LogP contribution in [0.3, 0.4) is 0 Å². The van der Waals surface area contributed by atoms with E-state index in [0.29, 0.717) is 17.9 Å². The van der Waals surface area contributed by atoms with Crippen LogP contribution in [0, 0.1) is 0 Å². The third kappa shape index (κ3) is 6.55. The Morgan fingerprint density at radius 1 is 1.00 bits per heavy atom. The average Bonchev–Trinajstić information content (AvgIpc) is 2.65. The molecule has 0 fully saturated rings. The first-order chi connectivity index (χ1) is 12.2. The number of ether oxygens (including phenoxy) is 3. The van der Waals surface area contributed by atoms with Gasteiger partial charge >= 0.3 is 12.1 Å². The number of carbonyl (C=O) groups excluding carboxylic acids is 2. The molecular formula is C19H21NO5. The number of hydrogen-bond donors (Lipinski definition) is 1. The molecule has 2 rings (SSSR count). The minimum Gasteiger partial charge on any atom is -0.492 e. The largest absolute Gasteiger partial charge is 0.492 e. The van der Waals surface area contributed by atoms with Crippen LogP contribution in [0.5, 0.6) is 5.75 Å². The number of nitrogens with one attached hydrogen (secondary N) is 1. The molecule has 2 aromatic rings. The summed E-state index contributed by atoms with van der Waals surface area (Å²) in [5.74, 6) is 0.139. The molecule has 0 unspecified atom stereocenters. The monoisotopic (exact) mass is 343 g/mol. The summed E-state index contributed by atoms with van der Waals surface area (Å²) >= 11 is 0. The van der Waals surface area contributed by atoms with Crippen LogP contribution >= 0.6 is 0 Å². The summed E-state index contributed by atoms with van der Waals surface area (Å²) in [6.45, 7) is 2.83. The maximum Gasteiger partial charge on any atom is 0.407 e. The zero-order valence-electron chi connectivity index (χ0n) is 14.1. The molecule has 0 aromatic heterocycles. The molecule has 0 heterocycles. The second kappa shape index (κ2) is 9.97. The van der Waals surface area contributed by atoms with Crippen LogP contribution < -0.4 is 10.1 Å². The Hall–Kier alpha value is -3.02. The second-order valence-corrected chi connectivity index (χ2v) is 5.09. The fraction of sp³-hybridized carbons (Fsp3) is 0.263. The van der Waals surface area contributed by atoms with Crippen molar-refractivity contribution in [1.29, 1.82) is 0 Å². The number of rotatable bonds is 8. The molecule has 0 aliphatic heterocycles. The number of alkyl carbamates (subject to hydrolysis) is 1. The van der Waals surface area contributed by atoms with Crippen LogP contribution in [0.15, 0.2) is 54.6 Å². The molecule has 6 heteroatoms. The summed E-state index contributed by atoms with van der Waals surface area (Å²) in [6, 6.07) is 16.1. The van der Waals surface area contributed by atoms with Crippen molar-refractivity contribution in [3.05, 3.63) is 65.7 Å². The highest BCUT2D eigenvalue weighted by atomic mass is 16.5. The Labute approximate surface area is 146 Å². The van der Waals surface area contributed by atoms with Gasteiger partial charge in [0.1, 0.15) is 19.0 Å². The van der Waals surface area contributed by atoms with Gasteiger partial charge in [0.15, 0.2) is 0 Å². The Morgan fingerprint density at radius 3 is 2.56 bits per heavy atom. The zero-order chi connectivity index (χ0) is 17.9. The van der Waals surface area contributed by atoms with Gasteiger partial charge in [0.05, 0.1) is 18.7 Å². The highest BCUT2D eigenvalue weighted by Gasteiger charge is 2.07. The van der Waals surface area contributed by atoms with Gasteiger partial charge in [-0.15, -0.1) is 0 Å². The number of benzene rings is 2. The van der Waals surface area contributed by atoms with E-state index in [1.54, 1.807) is 31.2 Å². The molecule has 0 aliphatic carbocycles. The maximum atomic E-state index is 11.7. The fourth-order valence-electron chi connectivity index (χ4n) is 2.02. The smallest absolute Gasteiger partial charge is 0.407 e. The van der Waals surface area contributed by atoms with Crippen LogP contribution in [0.4, 0.5) is 4.79 Å². The first-order valence-corrected chi connectivity index (χ1v) is 8.03. The van der Waals surface area contributed by atoms with Crippen molar-refractivity contribution in [3.63, 3.8) is 0 Å². The van der Waals surface area contributed by atoms with Crippen molar-refractivity contribution in [3.8, 4) is 5.75 Å². The maximum absolute atomic E-state index is 11.7. The quantitative estimate of drug-likeness (QED) is 0.589.